The first-order valence-electron chi connectivity index (χ1n) is 6.96. The molecule has 3 nitrogen and oxygen atoms in total. The van der Waals surface area contributed by atoms with Crippen LogP contribution in [0.15, 0.2) is 24.4 Å². The van der Waals surface area contributed by atoms with E-state index in [1.54, 1.807) is 0 Å². The van der Waals surface area contributed by atoms with Crippen LogP contribution >= 0.6 is 0 Å². The van der Waals surface area contributed by atoms with Gasteiger partial charge in [0.25, 0.3) is 0 Å². The van der Waals surface area contributed by atoms with Crippen molar-refractivity contribution < 1.29 is 0 Å². The van der Waals surface area contributed by atoms with Crippen LogP contribution < -0.4 is 0 Å². The van der Waals surface area contributed by atoms with Gasteiger partial charge in [0, 0.05) is 12.4 Å². The lowest BCUT2D eigenvalue weighted by atomic mass is 10.1. The van der Waals surface area contributed by atoms with Gasteiger partial charge in [0.05, 0.1) is 11.7 Å². The lowest BCUT2D eigenvalue weighted by Crippen LogP contribution is -2.20. The van der Waals surface area contributed by atoms with E-state index < -0.39 is 0 Å². The predicted octanol–water partition coefficient (Wildman–Crippen LogP) is 2.60. The van der Waals surface area contributed by atoms with Crippen molar-refractivity contribution in [3.05, 3.63) is 30.0 Å². The van der Waals surface area contributed by atoms with Gasteiger partial charge < -0.3 is 4.90 Å². The standard InChI is InChI=1S/C15H21N3/c1-17-15-7-6-13(11-14(15)12-16-17)5-4-10-18-8-2-3-9-18/h6-7,11-12H,2-5,8-10H2,1H3. The number of likely N-dealkylation sites (tertiary alicyclic amines) is 1. The van der Waals surface area contributed by atoms with E-state index in [4.69, 9.17) is 0 Å². The van der Waals surface area contributed by atoms with E-state index in [1.165, 1.54) is 61.8 Å². The van der Waals surface area contributed by atoms with Gasteiger partial charge in [-0.3, -0.25) is 4.68 Å². The van der Waals surface area contributed by atoms with Crippen molar-refractivity contribution in [3.8, 4) is 0 Å². The van der Waals surface area contributed by atoms with Crippen LogP contribution in [0.25, 0.3) is 10.9 Å². The Morgan fingerprint density at radius 2 is 2.06 bits per heavy atom. The molecule has 1 aromatic carbocycles. The van der Waals surface area contributed by atoms with Crippen molar-refractivity contribution in [2.45, 2.75) is 25.7 Å². The molecule has 18 heavy (non-hydrogen) atoms. The van der Waals surface area contributed by atoms with Gasteiger partial charge in [0.2, 0.25) is 0 Å². The van der Waals surface area contributed by atoms with Gasteiger partial charge in [-0.15, -0.1) is 0 Å². The number of aromatic nitrogens is 2. The van der Waals surface area contributed by atoms with Crippen LogP contribution in [-0.4, -0.2) is 34.3 Å². The summed E-state index contributed by atoms with van der Waals surface area (Å²) in [7, 11) is 2.00. The average Bonchev–Trinajstić information content (AvgIpc) is 3.00. The maximum atomic E-state index is 4.29. The topological polar surface area (TPSA) is 21.1 Å². The zero-order valence-corrected chi connectivity index (χ0v) is 11.1. The number of hydrogen-bond donors (Lipinski definition) is 0. The largest absolute Gasteiger partial charge is 0.303 e. The molecular weight excluding hydrogens is 222 g/mol. The molecule has 2 heterocycles. The molecule has 1 aliphatic heterocycles. The first kappa shape index (κ1) is 11.7. The third-order valence-corrected chi connectivity index (χ3v) is 3.95. The van der Waals surface area contributed by atoms with E-state index in [2.05, 4.69) is 28.2 Å². The Morgan fingerprint density at radius 3 is 2.89 bits per heavy atom. The molecule has 96 valence electrons. The Hall–Kier alpha value is -1.35. The molecule has 0 radical (unpaired) electrons. The molecule has 3 heteroatoms. The van der Waals surface area contributed by atoms with Crippen molar-refractivity contribution >= 4 is 10.9 Å². The van der Waals surface area contributed by atoms with E-state index in [9.17, 15) is 0 Å². The Bertz CT molecular complexity index is 524. The highest BCUT2D eigenvalue weighted by molar-refractivity contribution is 5.79. The molecule has 0 N–H and O–H groups in total. The first-order valence-corrected chi connectivity index (χ1v) is 6.96. The second kappa shape index (κ2) is 5.11. The molecule has 0 unspecified atom stereocenters. The summed E-state index contributed by atoms with van der Waals surface area (Å²) in [6.07, 6.45) is 7.19. The number of fused-ring (bicyclic) bond motifs is 1. The van der Waals surface area contributed by atoms with Crippen LogP contribution in [0.3, 0.4) is 0 Å². The predicted molar refractivity (Wildman–Crippen MR) is 74.7 cm³/mol. The second-order valence-corrected chi connectivity index (χ2v) is 5.31. The summed E-state index contributed by atoms with van der Waals surface area (Å²) in [5.41, 5.74) is 2.66. The van der Waals surface area contributed by atoms with E-state index in [1.807, 2.05) is 17.9 Å². The van der Waals surface area contributed by atoms with Gasteiger partial charge >= 0.3 is 0 Å². The third-order valence-electron chi connectivity index (χ3n) is 3.95. The normalized spacial score (nSPS) is 16.7. The van der Waals surface area contributed by atoms with Crippen LogP contribution in [0.5, 0.6) is 0 Å². The van der Waals surface area contributed by atoms with Gasteiger partial charge in [0.15, 0.2) is 0 Å². The van der Waals surface area contributed by atoms with Gasteiger partial charge in [-0.1, -0.05) is 6.07 Å². The number of aryl methyl sites for hydroxylation is 2. The summed E-state index contributed by atoms with van der Waals surface area (Å²) in [4.78, 5) is 2.59. The van der Waals surface area contributed by atoms with Crippen LogP contribution in [0, 0.1) is 0 Å². The summed E-state index contributed by atoms with van der Waals surface area (Å²) in [5, 5.41) is 5.55. The molecule has 1 aliphatic rings. The molecule has 0 amide bonds. The fourth-order valence-corrected chi connectivity index (χ4v) is 2.88. The van der Waals surface area contributed by atoms with Crippen molar-refractivity contribution in [1.82, 2.24) is 14.7 Å². The summed E-state index contributed by atoms with van der Waals surface area (Å²) in [6.45, 7) is 3.87. The fraction of sp³-hybridized carbons (Fsp3) is 0.533. The maximum Gasteiger partial charge on any atom is 0.0679 e. The zero-order valence-electron chi connectivity index (χ0n) is 11.1. The Balaban J connectivity index is 1.60. The molecule has 1 aromatic heterocycles. The highest BCUT2D eigenvalue weighted by Crippen LogP contribution is 2.16. The number of rotatable bonds is 4. The average molecular weight is 243 g/mol. The van der Waals surface area contributed by atoms with Crippen LogP contribution in [0.2, 0.25) is 0 Å². The highest BCUT2D eigenvalue weighted by atomic mass is 15.2. The van der Waals surface area contributed by atoms with Gasteiger partial charge in [-0.05, 0) is 63.0 Å². The van der Waals surface area contributed by atoms with E-state index >= 15 is 0 Å². The lowest BCUT2D eigenvalue weighted by molar-refractivity contribution is 0.334. The van der Waals surface area contributed by atoms with Crippen molar-refractivity contribution in [1.29, 1.82) is 0 Å². The molecule has 0 bridgehead atoms. The van der Waals surface area contributed by atoms with E-state index in [0.717, 1.165) is 0 Å². The molecule has 0 spiro atoms. The second-order valence-electron chi connectivity index (χ2n) is 5.31. The fourth-order valence-electron chi connectivity index (χ4n) is 2.88. The van der Waals surface area contributed by atoms with Crippen molar-refractivity contribution in [2.75, 3.05) is 19.6 Å². The van der Waals surface area contributed by atoms with Gasteiger partial charge in [-0.25, -0.2) is 0 Å². The molecule has 3 rings (SSSR count). The molecule has 0 aliphatic carbocycles. The molecule has 2 aromatic rings. The Labute approximate surface area is 108 Å². The minimum Gasteiger partial charge on any atom is -0.303 e. The smallest absolute Gasteiger partial charge is 0.0679 e. The highest BCUT2D eigenvalue weighted by Gasteiger charge is 2.10. The van der Waals surface area contributed by atoms with E-state index in [0.29, 0.717) is 0 Å². The molecular formula is C15H21N3. The minimum atomic E-state index is 1.18. The van der Waals surface area contributed by atoms with Gasteiger partial charge in [-0.2, -0.15) is 5.10 Å². The quantitative estimate of drug-likeness (QED) is 0.823. The molecule has 1 saturated heterocycles. The van der Waals surface area contributed by atoms with Crippen molar-refractivity contribution in [2.24, 2.45) is 7.05 Å². The number of benzene rings is 1. The maximum absolute atomic E-state index is 4.29. The summed E-state index contributed by atoms with van der Waals surface area (Å²) < 4.78 is 1.93. The Morgan fingerprint density at radius 1 is 1.22 bits per heavy atom. The molecule has 0 atom stereocenters. The zero-order chi connectivity index (χ0) is 12.4. The van der Waals surface area contributed by atoms with E-state index in [-0.39, 0.29) is 0 Å². The summed E-state index contributed by atoms with van der Waals surface area (Å²) in [5.74, 6) is 0. The third kappa shape index (κ3) is 2.41. The minimum absolute atomic E-state index is 1.18. The first-order chi connectivity index (χ1) is 8.83. The van der Waals surface area contributed by atoms with Crippen LogP contribution in [-0.2, 0) is 13.5 Å². The van der Waals surface area contributed by atoms with Crippen molar-refractivity contribution in [3.63, 3.8) is 0 Å². The monoisotopic (exact) mass is 243 g/mol. The van der Waals surface area contributed by atoms with Gasteiger partial charge in [0.1, 0.15) is 0 Å². The molecule has 1 fully saturated rings. The van der Waals surface area contributed by atoms with Crippen LogP contribution in [0.1, 0.15) is 24.8 Å². The SMILES string of the molecule is Cn1ncc2cc(CCCN3CCCC3)ccc21. The lowest BCUT2D eigenvalue weighted by Gasteiger charge is -2.13. The number of hydrogen-bond acceptors (Lipinski definition) is 2. The Kier molecular flexibility index (Phi) is 3.33. The summed E-state index contributed by atoms with van der Waals surface area (Å²) in [6, 6.07) is 6.72. The van der Waals surface area contributed by atoms with Crippen LogP contribution in [0.4, 0.5) is 0 Å². The number of nitrogens with zero attached hydrogens (tertiary/aromatic N) is 3. The molecule has 0 saturated carbocycles. The summed E-state index contributed by atoms with van der Waals surface area (Å²) >= 11 is 0.